The Balaban J connectivity index is 0.00000338. The summed E-state index contributed by atoms with van der Waals surface area (Å²) in [6.45, 7) is 6.57. The predicted molar refractivity (Wildman–Crippen MR) is 107 cm³/mol. The fourth-order valence-electron chi connectivity index (χ4n) is 3.03. The van der Waals surface area contributed by atoms with E-state index < -0.39 is 17.9 Å². The lowest BCUT2D eigenvalue weighted by Gasteiger charge is -2.42. The molecule has 1 aliphatic rings. The highest BCUT2D eigenvalue weighted by atomic mass is 35.5. The molecule has 1 aromatic carbocycles. The number of benzene rings is 1. The van der Waals surface area contributed by atoms with Crippen LogP contribution in [0.4, 0.5) is 0 Å². The van der Waals surface area contributed by atoms with Gasteiger partial charge in [0.2, 0.25) is 0 Å². The fraction of sp³-hybridized carbons (Fsp3) is 0.444. The summed E-state index contributed by atoms with van der Waals surface area (Å²) in [6.07, 6.45) is 0.601. The lowest BCUT2D eigenvalue weighted by atomic mass is 9.91. The summed E-state index contributed by atoms with van der Waals surface area (Å²) in [5, 5.41) is 0.235. The van der Waals surface area contributed by atoms with Crippen LogP contribution in [0.1, 0.15) is 24.9 Å². The van der Waals surface area contributed by atoms with E-state index in [4.69, 9.17) is 21.1 Å². The first-order valence-electron chi connectivity index (χ1n) is 8.04. The molecule has 1 aromatic rings. The summed E-state index contributed by atoms with van der Waals surface area (Å²) >= 11 is 10.8. The Morgan fingerprint density at radius 3 is 2.65 bits per heavy atom. The van der Waals surface area contributed by atoms with Gasteiger partial charge in [0.25, 0.3) is 0 Å². The molecule has 5 nitrogen and oxygen atoms in total. The summed E-state index contributed by atoms with van der Waals surface area (Å²) in [7, 11) is 1.32. The van der Waals surface area contributed by atoms with E-state index in [1.54, 1.807) is 36.1 Å². The Morgan fingerprint density at radius 1 is 1.42 bits per heavy atom. The molecule has 8 heteroatoms. The van der Waals surface area contributed by atoms with Crippen LogP contribution in [0.3, 0.4) is 0 Å². The van der Waals surface area contributed by atoms with Crippen molar-refractivity contribution in [3.63, 3.8) is 0 Å². The second kappa shape index (κ2) is 10.1. The van der Waals surface area contributed by atoms with E-state index in [9.17, 15) is 9.59 Å². The monoisotopic (exact) mass is 419 g/mol. The zero-order valence-corrected chi connectivity index (χ0v) is 17.2. The summed E-state index contributed by atoms with van der Waals surface area (Å²) in [5.41, 5.74) is 1.09. The Bertz CT molecular complexity index is 670. The highest BCUT2D eigenvalue weighted by Crippen LogP contribution is 2.38. The molecule has 1 fully saturated rings. The van der Waals surface area contributed by atoms with Crippen molar-refractivity contribution in [3.8, 4) is 0 Å². The number of thiol groups is 1. The Hall–Kier alpha value is -1.37. The topological polar surface area (TPSA) is 55.8 Å². The van der Waals surface area contributed by atoms with Crippen molar-refractivity contribution in [1.29, 1.82) is 0 Å². The van der Waals surface area contributed by atoms with Crippen LogP contribution in [0.5, 0.6) is 0 Å². The number of carbonyl (C=O) groups is 2. The first-order valence-corrected chi connectivity index (χ1v) is 8.94. The van der Waals surface area contributed by atoms with Crippen LogP contribution in [0.2, 0.25) is 5.02 Å². The number of piperidine rings is 1. The second-order valence-electron chi connectivity index (χ2n) is 5.72. The number of hydrogen-bond acceptors (Lipinski definition) is 6. The van der Waals surface area contributed by atoms with Gasteiger partial charge in [-0.2, -0.15) is 12.6 Å². The third-order valence-electron chi connectivity index (χ3n) is 4.25. The van der Waals surface area contributed by atoms with Crippen molar-refractivity contribution >= 4 is 48.6 Å². The number of nitrogens with zero attached hydrogens (tertiary/aromatic N) is 1. The highest BCUT2D eigenvalue weighted by Gasteiger charge is 2.42. The van der Waals surface area contributed by atoms with Crippen molar-refractivity contribution in [2.75, 3.05) is 20.3 Å². The van der Waals surface area contributed by atoms with Gasteiger partial charge in [-0.05, 0) is 19.4 Å². The van der Waals surface area contributed by atoms with Crippen LogP contribution in [0, 0.1) is 5.92 Å². The van der Waals surface area contributed by atoms with Gasteiger partial charge in [0.05, 0.1) is 13.7 Å². The number of esters is 2. The molecular formula is C18H23Cl2NO4S. The molecule has 0 aliphatic carbocycles. The maximum atomic E-state index is 12.5. The summed E-state index contributed by atoms with van der Waals surface area (Å²) in [6, 6.07) is 6.29. The molecule has 26 heavy (non-hydrogen) atoms. The van der Waals surface area contributed by atoms with E-state index >= 15 is 0 Å². The lowest BCUT2D eigenvalue weighted by Crippen LogP contribution is -2.46. The molecule has 0 spiro atoms. The maximum absolute atomic E-state index is 12.5. The third-order valence-corrected chi connectivity index (χ3v) is 5.16. The number of rotatable bonds is 5. The van der Waals surface area contributed by atoms with Crippen molar-refractivity contribution in [2.45, 2.75) is 24.6 Å². The molecule has 1 saturated heterocycles. The van der Waals surface area contributed by atoms with Crippen molar-refractivity contribution in [3.05, 3.63) is 47.1 Å². The van der Waals surface area contributed by atoms with Gasteiger partial charge in [-0.25, -0.2) is 4.79 Å². The summed E-state index contributed by atoms with van der Waals surface area (Å²) in [5.74, 6) is -1.47. The van der Waals surface area contributed by atoms with Crippen LogP contribution in [-0.4, -0.2) is 42.3 Å². The smallest absolute Gasteiger partial charge is 0.333 e. The van der Waals surface area contributed by atoms with Gasteiger partial charge in [-0.15, -0.1) is 12.4 Å². The molecule has 0 saturated carbocycles. The summed E-state index contributed by atoms with van der Waals surface area (Å²) < 4.78 is 10.1. The molecule has 0 N–H and O–H groups in total. The van der Waals surface area contributed by atoms with Gasteiger partial charge in [-0.1, -0.05) is 36.4 Å². The lowest BCUT2D eigenvalue weighted by molar-refractivity contribution is -0.151. The first kappa shape index (κ1) is 22.7. The second-order valence-corrected chi connectivity index (χ2v) is 6.79. The van der Waals surface area contributed by atoms with Crippen LogP contribution < -0.4 is 0 Å². The zero-order chi connectivity index (χ0) is 18.6. The predicted octanol–water partition coefficient (Wildman–Crippen LogP) is 3.67. The molecule has 1 aliphatic heterocycles. The molecular weight excluding hydrogens is 397 g/mol. The number of halogens is 2. The van der Waals surface area contributed by atoms with E-state index in [1.807, 2.05) is 0 Å². The molecule has 3 atom stereocenters. The summed E-state index contributed by atoms with van der Waals surface area (Å²) in [4.78, 5) is 26.6. The third kappa shape index (κ3) is 4.67. The van der Waals surface area contributed by atoms with Crippen LogP contribution in [0.25, 0.3) is 0 Å². The normalized spacial score (nSPS) is 20.8. The molecule has 1 heterocycles. The van der Waals surface area contributed by atoms with E-state index in [1.165, 1.54) is 7.11 Å². The zero-order valence-electron chi connectivity index (χ0n) is 14.7. The number of hydrogen-bond donors (Lipinski definition) is 1. The number of methoxy groups -OCH3 is 1. The SMILES string of the molecule is C=C1C(C(=O)OCC)C(S)CCN1C(C(=O)OC)c1ccccc1Cl.Cl. The number of carbonyl (C=O) groups excluding carboxylic acids is 2. The van der Waals surface area contributed by atoms with Crippen molar-refractivity contribution in [1.82, 2.24) is 4.90 Å². The molecule has 3 unspecified atom stereocenters. The van der Waals surface area contributed by atoms with Gasteiger partial charge in [0.15, 0.2) is 6.04 Å². The van der Waals surface area contributed by atoms with Crippen LogP contribution in [-0.2, 0) is 19.1 Å². The quantitative estimate of drug-likeness (QED) is 0.582. The average Bonchev–Trinajstić information content (AvgIpc) is 2.58. The van der Waals surface area contributed by atoms with E-state index in [0.717, 1.165) is 0 Å². The Kier molecular flexibility index (Phi) is 8.80. The van der Waals surface area contributed by atoms with E-state index in [-0.39, 0.29) is 30.2 Å². The van der Waals surface area contributed by atoms with Gasteiger partial charge < -0.3 is 14.4 Å². The minimum absolute atomic E-state index is 0. The molecule has 0 amide bonds. The van der Waals surface area contributed by atoms with E-state index in [0.29, 0.717) is 29.2 Å². The van der Waals surface area contributed by atoms with Crippen molar-refractivity contribution < 1.29 is 19.1 Å². The van der Waals surface area contributed by atoms with Gasteiger partial charge in [-0.3, -0.25) is 4.79 Å². The molecule has 0 bridgehead atoms. The maximum Gasteiger partial charge on any atom is 0.333 e. The van der Waals surface area contributed by atoms with Crippen LogP contribution in [0.15, 0.2) is 36.5 Å². The molecule has 144 valence electrons. The minimum atomic E-state index is -0.774. The minimum Gasteiger partial charge on any atom is -0.467 e. The van der Waals surface area contributed by atoms with Gasteiger partial charge in [0, 0.05) is 28.1 Å². The number of likely N-dealkylation sites (tertiary alicyclic amines) is 1. The molecule has 0 aromatic heterocycles. The molecule has 2 rings (SSSR count). The molecule has 0 radical (unpaired) electrons. The van der Waals surface area contributed by atoms with E-state index in [2.05, 4.69) is 19.2 Å². The number of ether oxygens (including phenoxy) is 2. The fourth-order valence-corrected chi connectivity index (χ4v) is 3.68. The highest BCUT2D eigenvalue weighted by molar-refractivity contribution is 7.81. The Morgan fingerprint density at radius 2 is 2.08 bits per heavy atom. The van der Waals surface area contributed by atoms with Gasteiger partial charge >= 0.3 is 11.9 Å². The van der Waals surface area contributed by atoms with Crippen molar-refractivity contribution in [2.24, 2.45) is 5.92 Å². The first-order chi connectivity index (χ1) is 11.9. The average molecular weight is 420 g/mol. The standard InChI is InChI=1S/C18H22ClNO4S.ClH/c1-4-24-17(21)15-11(2)20(10-9-14(15)25)16(18(22)23-3)12-7-5-6-8-13(12)19;/h5-8,14-16,25H,2,4,9-10H2,1,3H3;1H. The largest absolute Gasteiger partial charge is 0.467 e. The van der Waals surface area contributed by atoms with Crippen LogP contribution >= 0.6 is 36.6 Å². The van der Waals surface area contributed by atoms with Gasteiger partial charge in [0.1, 0.15) is 5.92 Å². The Labute approximate surface area is 170 Å².